The summed E-state index contributed by atoms with van der Waals surface area (Å²) in [6, 6.07) is 1.62. The van der Waals surface area contributed by atoms with E-state index >= 15 is 0 Å². The van der Waals surface area contributed by atoms with Crippen LogP contribution in [0.25, 0.3) is 0 Å². The van der Waals surface area contributed by atoms with Crippen molar-refractivity contribution < 1.29 is 19.4 Å². The smallest absolute Gasteiger partial charge is 0.167 e. The molecule has 1 fully saturated rings. The Morgan fingerprint density at radius 3 is 2.74 bits per heavy atom. The first-order valence-corrected chi connectivity index (χ1v) is 8.51. The molecule has 1 aromatic rings. The number of phenols is 1. The molecule has 1 aromatic carbocycles. The van der Waals surface area contributed by atoms with Crippen molar-refractivity contribution in [3.05, 3.63) is 17.2 Å². The molecule has 4 rings (SSSR count). The maximum atomic E-state index is 12.1. The van der Waals surface area contributed by atoms with Crippen LogP contribution in [0.2, 0.25) is 0 Å². The van der Waals surface area contributed by atoms with Crippen LogP contribution in [0.5, 0.6) is 17.2 Å². The summed E-state index contributed by atoms with van der Waals surface area (Å²) in [4.78, 5) is 12.1. The zero-order chi connectivity index (χ0) is 16.6. The van der Waals surface area contributed by atoms with Crippen molar-refractivity contribution in [2.24, 2.45) is 5.92 Å². The van der Waals surface area contributed by atoms with Crippen LogP contribution in [0.1, 0.15) is 75.2 Å². The third-order valence-corrected chi connectivity index (χ3v) is 5.96. The van der Waals surface area contributed by atoms with Crippen molar-refractivity contribution in [1.82, 2.24) is 0 Å². The van der Waals surface area contributed by atoms with Gasteiger partial charge in [-0.1, -0.05) is 0 Å². The van der Waals surface area contributed by atoms with Gasteiger partial charge in [-0.05, 0) is 53.4 Å². The zero-order valence-corrected chi connectivity index (χ0v) is 14.2. The highest BCUT2D eigenvalue weighted by atomic mass is 16.5. The third kappa shape index (κ3) is 2.00. The first-order chi connectivity index (χ1) is 10.7. The van der Waals surface area contributed by atoms with E-state index in [2.05, 4.69) is 20.8 Å². The number of hydrogen-bond acceptors (Lipinski definition) is 4. The largest absolute Gasteiger partial charge is 0.507 e. The summed E-state index contributed by atoms with van der Waals surface area (Å²) < 4.78 is 12.6. The number of phenolic OH excluding ortho intramolecular Hbond substituents is 1. The second-order valence-electron chi connectivity index (χ2n) is 8.13. The molecule has 4 heteroatoms. The van der Waals surface area contributed by atoms with Gasteiger partial charge >= 0.3 is 0 Å². The highest BCUT2D eigenvalue weighted by molar-refractivity contribution is 6.00. The molecule has 0 saturated heterocycles. The van der Waals surface area contributed by atoms with Crippen LogP contribution in [0, 0.1) is 5.92 Å². The molecule has 1 aliphatic carbocycles. The molecule has 4 nitrogen and oxygen atoms in total. The molecule has 0 spiro atoms. The number of fused-ring (bicyclic) bond motifs is 1. The summed E-state index contributed by atoms with van der Waals surface area (Å²) in [5.74, 6) is 1.76. The van der Waals surface area contributed by atoms with Gasteiger partial charge in [-0.3, -0.25) is 4.79 Å². The fraction of sp³-hybridized carbons (Fsp3) is 0.632. The van der Waals surface area contributed by atoms with Gasteiger partial charge in [0.05, 0.1) is 0 Å². The lowest BCUT2D eigenvalue weighted by molar-refractivity contribution is -0.0196. The van der Waals surface area contributed by atoms with Crippen LogP contribution in [0.4, 0.5) is 0 Å². The van der Waals surface area contributed by atoms with Crippen LogP contribution in [0.15, 0.2) is 6.07 Å². The maximum absolute atomic E-state index is 12.1. The number of rotatable bonds is 1. The van der Waals surface area contributed by atoms with Gasteiger partial charge in [-0.25, -0.2) is 0 Å². The lowest BCUT2D eigenvalue weighted by Gasteiger charge is -2.49. The van der Waals surface area contributed by atoms with E-state index in [4.69, 9.17) is 9.47 Å². The summed E-state index contributed by atoms with van der Waals surface area (Å²) in [5, 5.41) is 10.4. The van der Waals surface area contributed by atoms with Crippen molar-refractivity contribution in [3.8, 4) is 17.2 Å². The molecular weight excluding hydrogens is 292 g/mol. The highest BCUT2D eigenvalue weighted by Crippen LogP contribution is 2.60. The van der Waals surface area contributed by atoms with E-state index in [0.29, 0.717) is 28.9 Å². The van der Waals surface area contributed by atoms with Gasteiger partial charge in [0.1, 0.15) is 34.0 Å². The summed E-state index contributed by atoms with van der Waals surface area (Å²) in [6.07, 6.45) is 4.18. The maximum Gasteiger partial charge on any atom is 0.167 e. The SMILES string of the molecule is CC(=O)c1c(O)cc2c3c1OC(C)(C)[C@H]1CCC[C@](C)(CC31)O2. The monoisotopic (exact) mass is 316 g/mol. The minimum Gasteiger partial charge on any atom is -0.507 e. The van der Waals surface area contributed by atoms with Crippen molar-refractivity contribution in [1.29, 1.82) is 0 Å². The van der Waals surface area contributed by atoms with Crippen molar-refractivity contribution in [3.63, 3.8) is 0 Å². The summed E-state index contributed by atoms with van der Waals surface area (Å²) in [7, 11) is 0. The quantitative estimate of drug-likeness (QED) is 0.789. The number of carbonyl (C=O) groups is 1. The first-order valence-electron chi connectivity index (χ1n) is 8.51. The molecule has 0 aromatic heterocycles. The Morgan fingerprint density at radius 2 is 2.04 bits per heavy atom. The van der Waals surface area contributed by atoms with Gasteiger partial charge in [0.2, 0.25) is 0 Å². The van der Waals surface area contributed by atoms with Gasteiger partial charge < -0.3 is 14.6 Å². The molecule has 2 aliphatic heterocycles. The average molecular weight is 316 g/mol. The summed E-state index contributed by atoms with van der Waals surface area (Å²) >= 11 is 0. The molecule has 23 heavy (non-hydrogen) atoms. The van der Waals surface area contributed by atoms with E-state index in [-0.39, 0.29) is 22.7 Å². The van der Waals surface area contributed by atoms with Gasteiger partial charge in [0, 0.05) is 23.5 Å². The lowest BCUT2D eigenvalue weighted by atomic mass is 9.68. The second kappa shape index (κ2) is 4.43. The fourth-order valence-corrected chi connectivity index (χ4v) is 4.96. The van der Waals surface area contributed by atoms with Crippen molar-refractivity contribution in [2.45, 2.75) is 70.5 Å². The van der Waals surface area contributed by atoms with Crippen molar-refractivity contribution in [2.75, 3.05) is 0 Å². The number of benzene rings is 1. The van der Waals surface area contributed by atoms with E-state index in [1.807, 2.05) is 0 Å². The molecule has 1 saturated carbocycles. The Labute approximate surface area is 136 Å². The predicted molar refractivity (Wildman–Crippen MR) is 86.6 cm³/mol. The molecule has 2 heterocycles. The molecule has 3 aliphatic rings. The number of carbonyl (C=O) groups excluding carboxylic acids is 1. The number of aromatic hydroxyl groups is 1. The van der Waals surface area contributed by atoms with Gasteiger partial charge in [0.15, 0.2) is 5.78 Å². The number of Topliss-reactive ketones (excluding diaryl/α,β-unsaturated/α-hetero) is 1. The third-order valence-electron chi connectivity index (χ3n) is 5.96. The molecular formula is C19H24O4. The number of ketones is 1. The minimum absolute atomic E-state index is 0.0391. The van der Waals surface area contributed by atoms with E-state index in [9.17, 15) is 9.90 Å². The highest BCUT2D eigenvalue weighted by Gasteiger charge is 2.53. The van der Waals surface area contributed by atoms with Gasteiger partial charge in [-0.15, -0.1) is 0 Å². The molecule has 0 radical (unpaired) electrons. The lowest BCUT2D eigenvalue weighted by Crippen LogP contribution is -2.48. The summed E-state index contributed by atoms with van der Waals surface area (Å²) in [5.41, 5.74) is 0.750. The molecule has 3 atom stereocenters. The van der Waals surface area contributed by atoms with Crippen LogP contribution >= 0.6 is 0 Å². The van der Waals surface area contributed by atoms with Gasteiger partial charge in [0.25, 0.3) is 0 Å². The predicted octanol–water partition coefficient (Wildman–Crippen LogP) is 4.19. The Hall–Kier alpha value is -1.71. The van der Waals surface area contributed by atoms with E-state index in [0.717, 1.165) is 31.2 Å². The number of ether oxygens (including phenoxy) is 2. The van der Waals surface area contributed by atoms with Gasteiger partial charge in [-0.2, -0.15) is 0 Å². The molecule has 2 bridgehead atoms. The molecule has 1 N–H and O–H groups in total. The molecule has 0 amide bonds. The fourth-order valence-electron chi connectivity index (χ4n) is 4.96. The van der Waals surface area contributed by atoms with E-state index in [1.165, 1.54) is 6.92 Å². The first kappa shape index (κ1) is 14.9. The van der Waals surface area contributed by atoms with E-state index in [1.54, 1.807) is 6.07 Å². The standard InChI is InChI=1S/C19H24O4/c1-10(20)15-13(21)8-14-16-11-9-19(4,22-14)7-5-6-12(11)18(2,3)23-17(15)16/h8,11-12,21H,5-7,9H2,1-4H3/t11?,12-,19+/m0/s1. The Morgan fingerprint density at radius 1 is 1.30 bits per heavy atom. The normalized spacial score (nSPS) is 33.2. The Bertz CT molecular complexity index is 706. The van der Waals surface area contributed by atoms with Crippen LogP contribution < -0.4 is 9.47 Å². The molecule has 124 valence electrons. The van der Waals surface area contributed by atoms with E-state index < -0.39 is 0 Å². The Kier molecular flexibility index (Phi) is 2.86. The second-order valence-corrected chi connectivity index (χ2v) is 8.13. The van der Waals surface area contributed by atoms with Crippen LogP contribution in [0.3, 0.4) is 0 Å². The minimum atomic E-state index is -0.352. The average Bonchev–Trinajstić information content (AvgIpc) is 2.53. The molecule has 1 unspecified atom stereocenters. The number of hydrogen-bond donors (Lipinski definition) is 1. The Balaban J connectivity index is 2.03. The van der Waals surface area contributed by atoms with Crippen LogP contribution in [-0.2, 0) is 0 Å². The van der Waals surface area contributed by atoms with Crippen molar-refractivity contribution >= 4 is 5.78 Å². The van der Waals surface area contributed by atoms with Crippen LogP contribution in [-0.4, -0.2) is 22.1 Å². The summed E-state index contributed by atoms with van der Waals surface area (Å²) in [6.45, 7) is 7.84. The zero-order valence-electron chi connectivity index (χ0n) is 14.2. The topological polar surface area (TPSA) is 55.8 Å².